The van der Waals surface area contributed by atoms with Crippen LogP contribution in [0, 0.1) is 13.8 Å². The van der Waals surface area contributed by atoms with Crippen molar-refractivity contribution in [2.24, 2.45) is 0 Å². The van der Waals surface area contributed by atoms with Crippen LogP contribution >= 0.6 is 11.3 Å². The predicted octanol–water partition coefficient (Wildman–Crippen LogP) is 3.89. The molecule has 1 aromatic carbocycles. The lowest BCUT2D eigenvalue weighted by Crippen LogP contribution is -2.37. The average Bonchev–Trinajstić information content (AvgIpc) is 3.31. The van der Waals surface area contributed by atoms with E-state index in [1.807, 2.05) is 56.5 Å². The lowest BCUT2D eigenvalue weighted by atomic mass is 10.1. The lowest BCUT2D eigenvalue weighted by Gasteiger charge is -2.17. The number of ether oxygens (including phenoxy) is 1. The van der Waals surface area contributed by atoms with Crippen molar-refractivity contribution in [3.63, 3.8) is 0 Å². The van der Waals surface area contributed by atoms with Gasteiger partial charge in [0.1, 0.15) is 5.75 Å². The zero-order chi connectivity index (χ0) is 18.5. The highest BCUT2D eigenvalue weighted by Gasteiger charge is 2.19. The minimum absolute atomic E-state index is 0.171. The number of carbonyl (C=O) groups excluding carboxylic acids is 1. The predicted molar refractivity (Wildman–Crippen MR) is 100 cm³/mol. The number of benzene rings is 1. The normalized spacial score (nSPS) is 12.0. The van der Waals surface area contributed by atoms with E-state index in [1.165, 1.54) is 16.9 Å². The van der Waals surface area contributed by atoms with Crippen molar-refractivity contribution in [1.82, 2.24) is 15.5 Å². The minimum atomic E-state index is -0.572. The van der Waals surface area contributed by atoms with Gasteiger partial charge in [0.2, 0.25) is 11.7 Å². The molecule has 0 radical (unpaired) electrons. The molecule has 1 atom stereocenters. The van der Waals surface area contributed by atoms with E-state index in [-0.39, 0.29) is 12.5 Å². The molecule has 0 aliphatic heterocycles. The summed E-state index contributed by atoms with van der Waals surface area (Å²) in [5.74, 6) is 1.37. The monoisotopic (exact) mass is 371 g/mol. The molecule has 0 bridgehead atoms. The Hall–Kier alpha value is -2.67. The summed E-state index contributed by atoms with van der Waals surface area (Å²) in [6, 6.07) is 9.65. The number of aromatic nitrogens is 2. The standard InChI is InChI=1S/C19H21N3O3S/c1-4-15(24-14-8-7-12(2)13(3)10-14)19(23)20-11-17-21-18(22-25-17)16-6-5-9-26-16/h5-10,15H,4,11H2,1-3H3,(H,20,23). The van der Waals surface area contributed by atoms with Crippen molar-refractivity contribution in [2.45, 2.75) is 39.8 Å². The third-order valence-electron chi connectivity index (χ3n) is 4.04. The number of amides is 1. The smallest absolute Gasteiger partial charge is 0.261 e. The number of aryl methyl sites for hydroxylation is 2. The average molecular weight is 371 g/mol. The van der Waals surface area contributed by atoms with E-state index in [4.69, 9.17) is 9.26 Å². The Bertz CT molecular complexity index is 874. The second-order valence-corrected chi connectivity index (χ2v) is 6.92. The Kier molecular flexibility index (Phi) is 5.68. The molecule has 0 saturated heterocycles. The van der Waals surface area contributed by atoms with Gasteiger partial charge in [0.25, 0.3) is 5.91 Å². The quantitative estimate of drug-likeness (QED) is 0.682. The first-order valence-corrected chi connectivity index (χ1v) is 9.33. The van der Waals surface area contributed by atoms with E-state index in [0.717, 1.165) is 10.4 Å². The van der Waals surface area contributed by atoms with Crippen molar-refractivity contribution in [3.8, 4) is 16.5 Å². The molecule has 1 amide bonds. The Morgan fingerprint density at radius 3 is 2.85 bits per heavy atom. The van der Waals surface area contributed by atoms with Crippen molar-refractivity contribution in [1.29, 1.82) is 0 Å². The molecule has 0 spiro atoms. The van der Waals surface area contributed by atoms with E-state index in [1.54, 1.807) is 0 Å². The summed E-state index contributed by atoms with van der Waals surface area (Å²) >= 11 is 1.53. The third-order valence-corrected chi connectivity index (χ3v) is 4.91. The molecule has 3 rings (SSSR count). The van der Waals surface area contributed by atoms with E-state index in [0.29, 0.717) is 23.9 Å². The lowest BCUT2D eigenvalue weighted by molar-refractivity contribution is -0.128. The number of carbonyl (C=O) groups is 1. The molecule has 0 aliphatic rings. The molecule has 6 nitrogen and oxygen atoms in total. The van der Waals surface area contributed by atoms with E-state index >= 15 is 0 Å². The molecule has 136 valence electrons. The fraction of sp³-hybridized carbons (Fsp3) is 0.316. The van der Waals surface area contributed by atoms with Crippen molar-refractivity contribution in [3.05, 3.63) is 52.7 Å². The van der Waals surface area contributed by atoms with Crippen LogP contribution in [-0.4, -0.2) is 22.2 Å². The molecule has 26 heavy (non-hydrogen) atoms. The maximum atomic E-state index is 12.4. The minimum Gasteiger partial charge on any atom is -0.481 e. The summed E-state index contributed by atoms with van der Waals surface area (Å²) in [6.45, 7) is 6.14. The zero-order valence-electron chi connectivity index (χ0n) is 15.0. The molecule has 1 unspecified atom stereocenters. The molecule has 0 fully saturated rings. The van der Waals surface area contributed by atoms with Gasteiger partial charge in [-0.2, -0.15) is 4.98 Å². The summed E-state index contributed by atoms with van der Waals surface area (Å²) < 4.78 is 11.0. The Labute approximate surface area is 156 Å². The maximum absolute atomic E-state index is 12.4. The number of nitrogens with one attached hydrogen (secondary N) is 1. The van der Waals surface area contributed by atoms with Gasteiger partial charge in [-0.3, -0.25) is 4.79 Å². The van der Waals surface area contributed by atoms with Gasteiger partial charge in [-0.05, 0) is 55.0 Å². The van der Waals surface area contributed by atoms with Crippen molar-refractivity contribution >= 4 is 17.2 Å². The first-order valence-electron chi connectivity index (χ1n) is 8.45. The van der Waals surface area contributed by atoms with Crippen LogP contribution in [0.1, 0.15) is 30.4 Å². The van der Waals surface area contributed by atoms with Crippen molar-refractivity contribution < 1.29 is 14.1 Å². The molecule has 1 N–H and O–H groups in total. The van der Waals surface area contributed by atoms with E-state index in [2.05, 4.69) is 15.5 Å². The number of rotatable bonds is 7. The SMILES string of the molecule is CCC(Oc1ccc(C)c(C)c1)C(=O)NCc1nc(-c2cccs2)no1. The highest BCUT2D eigenvalue weighted by atomic mass is 32.1. The van der Waals surface area contributed by atoms with Crippen molar-refractivity contribution in [2.75, 3.05) is 0 Å². The van der Waals surface area contributed by atoms with Crippen LogP contribution in [0.2, 0.25) is 0 Å². The second kappa shape index (κ2) is 8.14. The zero-order valence-corrected chi connectivity index (χ0v) is 15.8. The van der Waals surface area contributed by atoms with Gasteiger partial charge in [-0.25, -0.2) is 0 Å². The Morgan fingerprint density at radius 2 is 2.15 bits per heavy atom. The number of nitrogens with zero attached hydrogens (tertiary/aromatic N) is 2. The van der Waals surface area contributed by atoms with Gasteiger partial charge in [0.05, 0.1) is 11.4 Å². The summed E-state index contributed by atoms with van der Waals surface area (Å²) in [7, 11) is 0. The van der Waals surface area contributed by atoms with E-state index < -0.39 is 6.10 Å². The highest BCUT2D eigenvalue weighted by Crippen LogP contribution is 2.21. The van der Waals surface area contributed by atoms with Gasteiger partial charge in [0.15, 0.2) is 6.10 Å². The third kappa shape index (κ3) is 4.29. The van der Waals surface area contributed by atoms with Gasteiger partial charge in [0, 0.05) is 0 Å². The molecular weight excluding hydrogens is 350 g/mol. The summed E-state index contributed by atoms with van der Waals surface area (Å²) in [5.41, 5.74) is 2.32. The topological polar surface area (TPSA) is 77.2 Å². The van der Waals surface area contributed by atoms with Crippen LogP contribution < -0.4 is 10.1 Å². The molecule has 3 aromatic rings. The summed E-state index contributed by atoms with van der Waals surface area (Å²) in [4.78, 5) is 17.6. The molecule has 7 heteroatoms. The first-order chi connectivity index (χ1) is 12.6. The Balaban J connectivity index is 1.58. The molecular formula is C19H21N3O3S. The van der Waals surface area contributed by atoms with Gasteiger partial charge >= 0.3 is 0 Å². The fourth-order valence-electron chi connectivity index (χ4n) is 2.38. The number of hydrogen-bond acceptors (Lipinski definition) is 6. The van der Waals surface area contributed by atoms with Crippen LogP contribution in [0.25, 0.3) is 10.7 Å². The summed E-state index contributed by atoms with van der Waals surface area (Å²) in [6.07, 6.45) is -0.0138. The largest absolute Gasteiger partial charge is 0.481 e. The van der Waals surface area contributed by atoms with Gasteiger partial charge < -0.3 is 14.6 Å². The fourth-order valence-corrected chi connectivity index (χ4v) is 3.03. The van der Waals surface area contributed by atoms with Crippen LogP contribution in [0.5, 0.6) is 5.75 Å². The molecule has 2 aromatic heterocycles. The second-order valence-electron chi connectivity index (χ2n) is 5.97. The van der Waals surface area contributed by atoms with Crippen LogP contribution in [0.4, 0.5) is 0 Å². The van der Waals surface area contributed by atoms with Crippen LogP contribution in [-0.2, 0) is 11.3 Å². The number of hydrogen-bond donors (Lipinski definition) is 1. The highest BCUT2D eigenvalue weighted by molar-refractivity contribution is 7.13. The first kappa shape index (κ1) is 18.1. The van der Waals surface area contributed by atoms with Crippen LogP contribution in [0.3, 0.4) is 0 Å². The van der Waals surface area contributed by atoms with Gasteiger partial charge in [-0.1, -0.05) is 24.2 Å². The summed E-state index contributed by atoms with van der Waals surface area (Å²) in [5, 5.41) is 8.67. The molecule has 0 aliphatic carbocycles. The van der Waals surface area contributed by atoms with E-state index in [9.17, 15) is 4.79 Å². The Morgan fingerprint density at radius 1 is 1.31 bits per heavy atom. The molecule has 2 heterocycles. The maximum Gasteiger partial charge on any atom is 0.261 e. The number of thiophene rings is 1. The van der Waals surface area contributed by atoms with Gasteiger partial charge in [-0.15, -0.1) is 11.3 Å². The van der Waals surface area contributed by atoms with Crippen LogP contribution in [0.15, 0.2) is 40.2 Å². The molecule has 0 saturated carbocycles.